The fourth-order valence-electron chi connectivity index (χ4n) is 3.24. The van der Waals surface area contributed by atoms with Crippen molar-refractivity contribution in [3.05, 3.63) is 86.8 Å². The van der Waals surface area contributed by atoms with Crippen LogP contribution in [0.1, 0.15) is 21.8 Å². The Morgan fingerprint density at radius 1 is 1.06 bits per heavy atom. The number of nitrogens with zero attached hydrogens (tertiary/aromatic N) is 3. The molecule has 158 valence electrons. The molecule has 2 aromatic heterocycles. The first kappa shape index (κ1) is 21.6. The van der Waals surface area contributed by atoms with Crippen molar-refractivity contribution in [2.24, 2.45) is 0 Å². The van der Waals surface area contributed by atoms with E-state index in [0.717, 1.165) is 28.3 Å². The Bertz CT molecular complexity index is 1170. The summed E-state index contributed by atoms with van der Waals surface area (Å²) in [7, 11) is 0. The molecular weight excluding hydrogens is 448 g/mol. The molecule has 0 aliphatic carbocycles. The van der Waals surface area contributed by atoms with Crippen molar-refractivity contribution >= 4 is 46.3 Å². The summed E-state index contributed by atoms with van der Waals surface area (Å²) in [6.07, 6.45) is 0.669. The van der Waals surface area contributed by atoms with Crippen molar-refractivity contribution in [2.45, 2.75) is 25.4 Å². The van der Waals surface area contributed by atoms with Gasteiger partial charge < -0.3 is 5.32 Å². The molecule has 1 amide bonds. The van der Waals surface area contributed by atoms with E-state index in [1.165, 1.54) is 16.6 Å². The summed E-state index contributed by atoms with van der Waals surface area (Å²) in [5.41, 5.74) is 3.87. The van der Waals surface area contributed by atoms with E-state index in [1.54, 1.807) is 11.3 Å². The minimum atomic E-state index is -0.0761. The van der Waals surface area contributed by atoms with Gasteiger partial charge in [0.05, 0.1) is 5.75 Å². The molecule has 0 saturated carbocycles. The third-order valence-electron chi connectivity index (χ3n) is 4.78. The Labute approximate surface area is 194 Å². The number of amides is 1. The number of thiophene rings is 1. The summed E-state index contributed by atoms with van der Waals surface area (Å²) in [5.74, 6) is 0.980. The van der Waals surface area contributed by atoms with Crippen molar-refractivity contribution < 1.29 is 4.79 Å². The summed E-state index contributed by atoms with van der Waals surface area (Å²) in [6.45, 7) is 3.98. The molecule has 4 rings (SSSR count). The Hall–Kier alpha value is -2.61. The molecule has 5 nitrogen and oxygen atoms in total. The van der Waals surface area contributed by atoms with Gasteiger partial charge in [0, 0.05) is 27.7 Å². The first-order chi connectivity index (χ1) is 15.0. The van der Waals surface area contributed by atoms with E-state index in [0.29, 0.717) is 16.6 Å². The summed E-state index contributed by atoms with van der Waals surface area (Å²) < 4.78 is 1.99. The lowest BCUT2D eigenvalue weighted by atomic mass is 10.1. The molecule has 0 saturated heterocycles. The Balaban J connectivity index is 1.55. The third-order valence-corrected chi connectivity index (χ3v) is 6.83. The number of carbonyl (C=O) groups excluding carboxylic acids is 1. The van der Waals surface area contributed by atoms with Gasteiger partial charge in [0.2, 0.25) is 5.91 Å². The van der Waals surface area contributed by atoms with Gasteiger partial charge in [-0.05, 0) is 60.7 Å². The molecule has 0 spiro atoms. The van der Waals surface area contributed by atoms with E-state index in [4.69, 9.17) is 11.6 Å². The molecule has 31 heavy (non-hydrogen) atoms. The maximum Gasteiger partial charge on any atom is 0.234 e. The van der Waals surface area contributed by atoms with Crippen LogP contribution in [0, 0.1) is 13.8 Å². The van der Waals surface area contributed by atoms with Gasteiger partial charge in [0.25, 0.3) is 0 Å². The van der Waals surface area contributed by atoms with Crippen LogP contribution in [0.5, 0.6) is 0 Å². The first-order valence-corrected chi connectivity index (χ1v) is 12.0. The van der Waals surface area contributed by atoms with Crippen LogP contribution in [0.15, 0.2) is 65.1 Å². The molecular formula is C23H21ClN4OS2. The highest BCUT2D eigenvalue weighted by molar-refractivity contribution is 7.99. The second kappa shape index (κ2) is 9.68. The fraction of sp³-hybridized carbons (Fsp3) is 0.174. The third kappa shape index (κ3) is 5.18. The van der Waals surface area contributed by atoms with Crippen LogP contribution in [0.2, 0.25) is 5.02 Å². The van der Waals surface area contributed by atoms with Crippen molar-refractivity contribution in [2.75, 3.05) is 11.1 Å². The monoisotopic (exact) mass is 468 g/mol. The van der Waals surface area contributed by atoms with Gasteiger partial charge in [-0.15, -0.1) is 21.5 Å². The highest BCUT2D eigenvalue weighted by Gasteiger charge is 2.17. The van der Waals surface area contributed by atoms with Crippen LogP contribution >= 0.6 is 34.7 Å². The smallest absolute Gasteiger partial charge is 0.234 e. The zero-order valence-electron chi connectivity index (χ0n) is 17.1. The number of halogens is 1. The van der Waals surface area contributed by atoms with Gasteiger partial charge in [0.15, 0.2) is 5.16 Å². The summed E-state index contributed by atoms with van der Waals surface area (Å²) >= 11 is 9.12. The Kier molecular flexibility index (Phi) is 6.75. The number of aromatic nitrogens is 3. The van der Waals surface area contributed by atoms with Crippen LogP contribution in [0.4, 0.5) is 5.69 Å². The standard InChI is InChI=1S/C23H21ClN4OS2/c1-15-5-3-6-16(2)22(15)25-21(29)14-31-23-27-26-20(13-19-7-4-12-30-19)28(23)18-10-8-17(24)9-11-18/h3-12H,13-14H2,1-2H3,(H,25,29). The molecule has 8 heteroatoms. The van der Waals surface area contributed by atoms with Crippen molar-refractivity contribution in [1.82, 2.24) is 14.8 Å². The number of rotatable bonds is 7. The summed E-state index contributed by atoms with van der Waals surface area (Å²) in [5, 5.41) is 15.2. The number of hydrogen-bond acceptors (Lipinski definition) is 5. The number of anilines is 1. The maximum absolute atomic E-state index is 12.6. The van der Waals surface area contributed by atoms with E-state index in [2.05, 4.69) is 21.6 Å². The number of para-hydroxylation sites is 1. The van der Waals surface area contributed by atoms with Gasteiger partial charge in [0.1, 0.15) is 5.82 Å². The first-order valence-electron chi connectivity index (χ1n) is 9.73. The average molecular weight is 469 g/mol. The minimum Gasteiger partial charge on any atom is -0.325 e. The van der Waals surface area contributed by atoms with Gasteiger partial charge in [-0.1, -0.05) is 47.6 Å². The number of hydrogen-bond donors (Lipinski definition) is 1. The highest BCUT2D eigenvalue weighted by Crippen LogP contribution is 2.26. The second-order valence-corrected chi connectivity index (χ2v) is 9.48. The van der Waals surface area contributed by atoms with E-state index in [9.17, 15) is 4.79 Å². The average Bonchev–Trinajstić information content (AvgIpc) is 3.40. The number of thioether (sulfide) groups is 1. The number of benzene rings is 2. The summed E-state index contributed by atoms with van der Waals surface area (Å²) in [4.78, 5) is 13.8. The molecule has 2 heterocycles. The molecule has 0 aliphatic heterocycles. The molecule has 0 fully saturated rings. The maximum atomic E-state index is 12.6. The lowest BCUT2D eigenvalue weighted by Crippen LogP contribution is -2.16. The van der Waals surface area contributed by atoms with E-state index >= 15 is 0 Å². The largest absolute Gasteiger partial charge is 0.325 e. The topological polar surface area (TPSA) is 59.8 Å². The molecule has 0 radical (unpaired) electrons. The second-order valence-electron chi connectivity index (χ2n) is 7.07. The SMILES string of the molecule is Cc1cccc(C)c1NC(=O)CSc1nnc(Cc2cccs2)n1-c1ccc(Cl)cc1. The van der Waals surface area contributed by atoms with Gasteiger partial charge >= 0.3 is 0 Å². The van der Waals surface area contributed by atoms with Crippen LogP contribution in [0.25, 0.3) is 5.69 Å². The van der Waals surface area contributed by atoms with Crippen LogP contribution in [-0.2, 0) is 11.2 Å². The van der Waals surface area contributed by atoms with Gasteiger partial charge in [-0.3, -0.25) is 9.36 Å². The molecule has 0 aliphatic rings. The lowest BCUT2D eigenvalue weighted by Gasteiger charge is -2.12. The molecule has 0 unspecified atom stereocenters. The van der Waals surface area contributed by atoms with Crippen LogP contribution < -0.4 is 5.32 Å². The van der Waals surface area contributed by atoms with E-state index < -0.39 is 0 Å². The number of nitrogens with one attached hydrogen (secondary N) is 1. The Morgan fingerprint density at radius 2 is 1.81 bits per heavy atom. The van der Waals surface area contributed by atoms with Crippen molar-refractivity contribution in [1.29, 1.82) is 0 Å². The van der Waals surface area contributed by atoms with E-state index in [-0.39, 0.29) is 11.7 Å². The van der Waals surface area contributed by atoms with E-state index in [1.807, 2.05) is 72.3 Å². The Morgan fingerprint density at radius 3 is 2.48 bits per heavy atom. The molecule has 1 N–H and O–H groups in total. The quantitative estimate of drug-likeness (QED) is 0.342. The number of carbonyl (C=O) groups is 1. The lowest BCUT2D eigenvalue weighted by molar-refractivity contribution is -0.113. The minimum absolute atomic E-state index is 0.0761. The molecule has 2 aromatic carbocycles. The van der Waals surface area contributed by atoms with Crippen molar-refractivity contribution in [3.8, 4) is 5.69 Å². The van der Waals surface area contributed by atoms with Crippen LogP contribution in [0.3, 0.4) is 0 Å². The highest BCUT2D eigenvalue weighted by atomic mass is 35.5. The van der Waals surface area contributed by atoms with Gasteiger partial charge in [-0.25, -0.2) is 0 Å². The predicted octanol–water partition coefficient (Wildman–Crippen LogP) is 5.92. The molecule has 4 aromatic rings. The fourth-order valence-corrected chi connectivity index (χ4v) is 4.84. The van der Waals surface area contributed by atoms with Gasteiger partial charge in [-0.2, -0.15) is 0 Å². The summed E-state index contributed by atoms with van der Waals surface area (Å²) in [6, 6.07) is 17.6. The number of aryl methyl sites for hydroxylation is 2. The normalized spacial score (nSPS) is 10.9. The predicted molar refractivity (Wildman–Crippen MR) is 129 cm³/mol. The molecule has 0 bridgehead atoms. The zero-order valence-corrected chi connectivity index (χ0v) is 19.5. The van der Waals surface area contributed by atoms with Crippen LogP contribution in [-0.4, -0.2) is 26.4 Å². The molecule has 0 atom stereocenters. The zero-order chi connectivity index (χ0) is 21.8. The van der Waals surface area contributed by atoms with Crippen molar-refractivity contribution in [3.63, 3.8) is 0 Å².